The van der Waals surface area contributed by atoms with Crippen LogP contribution in [0.3, 0.4) is 0 Å². The van der Waals surface area contributed by atoms with E-state index in [-0.39, 0.29) is 11.2 Å². The van der Waals surface area contributed by atoms with E-state index < -0.39 is 0 Å². The van der Waals surface area contributed by atoms with Crippen molar-refractivity contribution in [2.75, 3.05) is 32.7 Å². The third-order valence-corrected chi connectivity index (χ3v) is 5.81. The molecule has 0 aliphatic carbocycles. The minimum atomic E-state index is -0.171. The number of thiophene rings is 1. The summed E-state index contributed by atoms with van der Waals surface area (Å²) in [6, 6.07) is 3.98. The molecule has 3 rings (SSSR count). The minimum Gasteiger partial charge on any atom is -0.339 e. The van der Waals surface area contributed by atoms with Gasteiger partial charge in [0.25, 0.3) is 0 Å². The molecule has 1 amide bonds. The molecule has 1 aliphatic heterocycles. The Morgan fingerprint density at radius 3 is 2.87 bits per heavy atom. The Bertz CT molecular complexity index is 634. The van der Waals surface area contributed by atoms with Crippen LogP contribution in [0.2, 0.25) is 0 Å². The van der Waals surface area contributed by atoms with Crippen LogP contribution in [0.25, 0.3) is 10.7 Å². The van der Waals surface area contributed by atoms with Gasteiger partial charge in [0, 0.05) is 26.2 Å². The van der Waals surface area contributed by atoms with Gasteiger partial charge >= 0.3 is 0 Å². The molecule has 1 fully saturated rings. The number of likely N-dealkylation sites (N-methyl/N-ethyl adjacent to an activating group) is 1. The van der Waals surface area contributed by atoms with Crippen LogP contribution in [0.4, 0.5) is 0 Å². The van der Waals surface area contributed by atoms with Crippen molar-refractivity contribution in [3.8, 4) is 10.7 Å². The largest absolute Gasteiger partial charge is 0.339 e. The normalized spacial score (nSPS) is 17.4. The van der Waals surface area contributed by atoms with E-state index in [0.29, 0.717) is 5.16 Å². The van der Waals surface area contributed by atoms with Crippen LogP contribution >= 0.6 is 23.1 Å². The molecule has 0 radical (unpaired) electrons. The first-order chi connectivity index (χ1) is 11.2. The zero-order chi connectivity index (χ0) is 16.2. The van der Waals surface area contributed by atoms with Crippen molar-refractivity contribution in [3.05, 3.63) is 17.5 Å². The number of piperazine rings is 1. The molecular formula is C15H21N5OS2. The van der Waals surface area contributed by atoms with Crippen molar-refractivity contribution in [1.29, 1.82) is 0 Å². The molecule has 0 spiro atoms. The molecule has 124 valence electrons. The van der Waals surface area contributed by atoms with Crippen molar-refractivity contribution < 1.29 is 4.79 Å². The van der Waals surface area contributed by atoms with Gasteiger partial charge in [0.2, 0.25) is 11.1 Å². The lowest BCUT2D eigenvalue weighted by atomic mass is 10.3. The molecule has 6 nitrogen and oxygen atoms in total. The summed E-state index contributed by atoms with van der Waals surface area (Å²) in [6.45, 7) is 8.68. The van der Waals surface area contributed by atoms with Crippen molar-refractivity contribution in [2.45, 2.75) is 24.3 Å². The number of thioether (sulfide) groups is 1. The van der Waals surface area contributed by atoms with Crippen LogP contribution < -0.4 is 0 Å². The van der Waals surface area contributed by atoms with E-state index in [2.05, 4.69) is 27.0 Å². The number of amides is 1. The number of carbonyl (C=O) groups is 1. The van der Waals surface area contributed by atoms with Gasteiger partial charge in [0.15, 0.2) is 5.82 Å². The second kappa shape index (κ2) is 7.46. The third kappa shape index (κ3) is 3.94. The standard InChI is InChI=1S/C15H21N5OS2/c1-3-19-6-8-20(9-7-19)14(21)11(2)23-15-16-13(17-18-15)12-5-4-10-22-12/h4-5,10-11H,3,6-9H2,1-2H3,(H,16,17,18)/t11-/m0/s1. The molecule has 1 N–H and O–H groups in total. The number of hydrogen-bond acceptors (Lipinski definition) is 6. The lowest BCUT2D eigenvalue weighted by Crippen LogP contribution is -2.50. The van der Waals surface area contributed by atoms with Gasteiger partial charge in [-0.05, 0) is 24.9 Å². The van der Waals surface area contributed by atoms with Crippen LogP contribution in [0.5, 0.6) is 0 Å². The highest BCUT2D eigenvalue weighted by Crippen LogP contribution is 2.26. The van der Waals surface area contributed by atoms with Gasteiger partial charge in [0.05, 0.1) is 10.1 Å². The summed E-state index contributed by atoms with van der Waals surface area (Å²) in [5.74, 6) is 0.937. The molecule has 1 atom stereocenters. The van der Waals surface area contributed by atoms with Gasteiger partial charge in [-0.3, -0.25) is 9.89 Å². The highest BCUT2D eigenvalue weighted by Gasteiger charge is 2.26. The molecule has 2 aromatic rings. The first kappa shape index (κ1) is 16.5. The molecule has 1 aliphatic rings. The summed E-state index contributed by atoms with van der Waals surface area (Å²) >= 11 is 3.03. The summed E-state index contributed by atoms with van der Waals surface area (Å²) in [5.41, 5.74) is 0. The van der Waals surface area contributed by atoms with Gasteiger partial charge in [-0.25, -0.2) is 4.98 Å². The number of carbonyl (C=O) groups excluding carboxylic acids is 1. The molecule has 0 unspecified atom stereocenters. The predicted octanol–water partition coefficient (Wildman–Crippen LogP) is 2.18. The molecule has 1 saturated heterocycles. The van der Waals surface area contributed by atoms with Crippen molar-refractivity contribution >= 4 is 29.0 Å². The number of nitrogens with one attached hydrogen (secondary N) is 1. The molecule has 23 heavy (non-hydrogen) atoms. The van der Waals surface area contributed by atoms with E-state index in [9.17, 15) is 4.79 Å². The summed E-state index contributed by atoms with van der Waals surface area (Å²) < 4.78 is 0. The second-order valence-corrected chi connectivity index (χ2v) is 7.72. The summed E-state index contributed by atoms with van der Waals surface area (Å²) in [7, 11) is 0. The third-order valence-electron chi connectivity index (χ3n) is 3.98. The van der Waals surface area contributed by atoms with Crippen molar-refractivity contribution in [1.82, 2.24) is 25.0 Å². The SMILES string of the molecule is CCN1CCN(C(=O)[C@H](C)Sc2n[nH]c(-c3cccs3)n2)CC1. The van der Waals surface area contributed by atoms with E-state index in [1.165, 1.54) is 11.8 Å². The number of aromatic nitrogens is 3. The Hall–Kier alpha value is -1.38. The molecule has 8 heteroatoms. The Labute approximate surface area is 144 Å². The van der Waals surface area contributed by atoms with Gasteiger partial charge in [-0.15, -0.1) is 16.4 Å². The van der Waals surface area contributed by atoms with Crippen molar-refractivity contribution in [2.24, 2.45) is 0 Å². The molecule has 0 bridgehead atoms. The van der Waals surface area contributed by atoms with E-state index in [4.69, 9.17) is 0 Å². The van der Waals surface area contributed by atoms with Crippen LogP contribution in [0, 0.1) is 0 Å². The average Bonchev–Trinajstić information content (AvgIpc) is 3.25. The lowest BCUT2D eigenvalue weighted by Gasteiger charge is -2.35. The fourth-order valence-corrected chi connectivity index (χ4v) is 4.04. The van der Waals surface area contributed by atoms with E-state index in [1.54, 1.807) is 11.3 Å². The lowest BCUT2D eigenvalue weighted by molar-refractivity contribution is -0.132. The fraction of sp³-hybridized carbons (Fsp3) is 0.533. The first-order valence-electron chi connectivity index (χ1n) is 7.81. The zero-order valence-electron chi connectivity index (χ0n) is 13.4. The van der Waals surface area contributed by atoms with Gasteiger partial charge in [0.1, 0.15) is 0 Å². The highest BCUT2D eigenvalue weighted by molar-refractivity contribution is 8.00. The number of aromatic amines is 1. The monoisotopic (exact) mass is 351 g/mol. The van der Waals surface area contributed by atoms with Crippen molar-refractivity contribution in [3.63, 3.8) is 0 Å². The number of H-pyrrole nitrogens is 1. The van der Waals surface area contributed by atoms with E-state index >= 15 is 0 Å². The van der Waals surface area contributed by atoms with Crippen LogP contribution in [-0.4, -0.2) is 68.9 Å². The quantitative estimate of drug-likeness (QED) is 0.837. The van der Waals surface area contributed by atoms with Gasteiger partial charge < -0.3 is 9.80 Å². The summed E-state index contributed by atoms with van der Waals surface area (Å²) in [6.07, 6.45) is 0. The van der Waals surface area contributed by atoms with E-state index in [0.717, 1.165) is 43.4 Å². The van der Waals surface area contributed by atoms with Gasteiger partial charge in [-0.1, -0.05) is 24.8 Å². The number of rotatable bonds is 5. The first-order valence-corrected chi connectivity index (χ1v) is 9.57. The zero-order valence-corrected chi connectivity index (χ0v) is 15.0. The maximum atomic E-state index is 12.6. The summed E-state index contributed by atoms with van der Waals surface area (Å²) in [5, 5.41) is 9.62. The maximum Gasteiger partial charge on any atom is 0.235 e. The Kier molecular flexibility index (Phi) is 5.34. The number of nitrogens with zero attached hydrogens (tertiary/aromatic N) is 4. The number of hydrogen-bond donors (Lipinski definition) is 1. The van der Waals surface area contributed by atoms with Crippen LogP contribution in [0.1, 0.15) is 13.8 Å². The molecule has 0 aromatic carbocycles. The average molecular weight is 352 g/mol. The van der Waals surface area contributed by atoms with Gasteiger partial charge in [-0.2, -0.15) is 0 Å². The minimum absolute atomic E-state index is 0.171. The van der Waals surface area contributed by atoms with Crippen LogP contribution in [0.15, 0.2) is 22.7 Å². The Morgan fingerprint density at radius 2 is 2.22 bits per heavy atom. The van der Waals surface area contributed by atoms with Crippen LogP contribution in [-0.2, 0) is 4.79 Å². The molecular weight excluding hydrogens is 330 g/mol. The highest BCUT2D eigenvalue weighted by atomic mass is 32.2. The maximum absolute atomic E-state index is 12.6. The second-order valence-electron chi connectivity index (χ2n) is 5.46. The predicted molar refractivity (Wildman–Crippen MR) is 93.7 cm³/mol. The summed E-state index contributed by atoms with van der Waals surface area (Å²) in [4.78, 5) is 22.4. The fourth-order valence-electron chi connectivity index (χ4n) is 2.57. The topological polar surface area (TPSA) is 65.1 Å². The smallest absolute Gasteiger partial charge is 0.235 e. The molecule has 2 aromatic heterocycles. The van der Waals surface area contributed by atoms with E-state index in [1.807, 2.05) is 29.3 Å². The Balaban J connectivity index is 1.56. The Morgan fingerprint density at radius 1 is 1.43 bits per heavy atom. The molecule has 3 heterocycles. The molecule has 0 saturated carbocycles.